The van der Waals surface area contributed by atoms with Gasteiger partial charge in [0.05, 0.1) is 71.5 Å². The minimum Gasteiger partial charge on any atom is -0.472 e. The number of primary amides is 6. The van der Waals surface area contributed by atoms with Gasteiger partial charge >= 0.3 is 0 Å². The van der Waals surface area contributed by atoms with Crippen molar-refractivity contribution in [1.82, 2.24) is 49.7 Å². The van der Waals surface area contributed by atoms with Gasteiger partial charge in [0, 0.05) is 113 Å². The lowest BCUT2D eigenvalue weighted by molar-refractivity contribution is 0.0293. The number of ether oxygens (including phenoxy) is 6. The molecule has 3 fully saturated rings. The lowest BCUT2D eigenvalue weighted by Crippen LogP contribution is -2.35. The monoisotopic (exact) mass is 1940 g/mol. The molecule has 15 N–H and O–H groups in total. The summed E-state index contributed by atoms with van der Waals surface area (Å²) in [7, 11) is 1.87. The Morgan fingerprint density at radius 2 is 0.710 bits per heavy atom. The molecule has 12 aromatic rings. The Hall–Kier alpha value is -13.9. The lowest BCUT2D eigenvalue weighted by atomic mass is 9.88. The fourth-order valence-corrected chi connectivity index (χ4v) is 18.5. The Morgan fingerprint density at radius 3 is 1.04 bits per heavy atom. The van der Waals surface area contributed by atoms with Crippen LogP contribution in [0.15, 0.2) is 128 Å². The number of nitrogens with two attached hydrogens (primary N) is 6. The predicted octanol–water partition coefficient (Wildman–Crippen LogP) is 12.9. The number of rotatable bonds is 15. The highest BCUT2D eigenvalue weighted by Crippen LogP contribution is 2.49. The Balaban J connectivity index is 0.000000120. The van der Waals surface area contributed by atoms with E-state index in [2.05, 4.69) is 45.0 Å². The SMILES string of the molecule is C[C@@H]1Cc2c(-c3ccc(F)cc3F)cc(C(N)=O)nc2O[C@H]1CO.C[C@H]1Cc2c(-c3ccc(F)cc3F)cc(C(N)=O)nc2O[C@@H]1CO.Cn1cc(-c2cc(C(N)=O)nc3c2C[C@H]2CC[C@@H]3O2)cn1.NC(=O)c1cc(-c2ccc(F)cc2F)c2c(n1)O[C@H](CO)CC2.NC(=O)c1cc(-c2ncc(Cl)cc2F)c2c(n1)[C@@H]1CC[C@H](C2)O1.NC(=O)c1cc(-c2ncc(Cl)cc2F)c2c(n1)[C@H]1CC[C@@H](C2)O1. The molecule has 0 unspecified atom stereocenters. The first-order valence-corrected chi connectivity index (χ1v) is 44.5. The maximum atomic E-state index is 14.3. The summed E-state index contributed by atoms with van der Waals surface area (Å²) in [6.07, 6.45) is 14.8. The van der Waals surface area contributed by atoms with Gasteiger partial charge in [0.15, 0.2) is 11.6 Å². The number of amides is 6. The Kier molecular flexibility index (Phi) is 28.7. The van der Waals surface area contributed by atoms with E-state index in [0.717, 1.165) is 109 Å². The number of hydrogen-bond donors (Lipinski definition) is 9. The molecule has 18 heterocycles. The summed E-state index contributed by atoms with van der Waals surface area (Å²) in [5, 5.41) is 32.6. The van der Waals surface area contributed by atoms with E-state index in [-0.39, 0.29) is 153 Å². The Bertz CT molecular complexity index is 6600. The fraction of sp³-hybridized carbons (Fsp3) is 0.309. The summed E-state index contributed by atoms with van der Waals surface area (Å²) < 4.78 is 147. The molecule has 11 atom stereocenters. The minimum absolute atomic E-state index is 0.00604. The Morgan fingerprint density at radius 1 is 0.377 bits per heavy atom. The average molecular weight is 1940 g/mol. The largest absolute Gasteiger partial charge is 0.472 e. The molecule has 41 heteroatoms. The minimum atomic E-state index is -0.788. The van der Waals surface area contributed by atoms with Gasteiger partial charge in [-0.15, -0.1) is 0 Å². The number of carbonyl (C=O) groups excluding carboxylic acids is 6. The van der Waals surface area contributed by atoms with Crippen molar-refractivity contribution in [2.45, 2.75) is 152 Å². The van der Waals surface area contributed by atoms with Crippen LogP contribution >= 0.6 is 23.2 Å². The molecule has 6 amide bonds. The molecule has 6 bridgehead atoms. The van der Waals surface area contributed by atoms with Gasteiger partial charge in [-0.25, -0.2) is 65.0 Å². The summed E-state index contributed by atoms with van der Waals surface area (Å²) in [4.78, 5) is 103. The summed E-state index contributed by atoms with van der Waals surface area (Å²) >= 11 is 11.6. The number of carbonyl (C=O) groups is 6. The van der Waals surface area contributed by atoms with Crippen LogP contribution in [0.1, 0.15) is 190 Å². The fourth-order valence-electron chi connectivity index (χ4n) is 18.2. The van der Waals surface area contributed by atoms with Gasteiger partial charge in [0.25, 0.3) is 35.4 Å². The number of aliphatic hydroxyl groups is 3. The molecule has 0 spiro atoms. The van der Waals surface area contributed by atoms with Crippen LogP contribution in [0.25, 0.3) is 67.0 Å². The second-order valence-corrected chi connectivity index (χ2v) is 35.2. The molecule has 9 aliphatic rings. The number of nitrogens with zero attached hydrogens (tertiary/aromatic N) is 10. The van der Waals surface area contributed by atoms with Crippen molar-refractivity contribution in [3.63, 3.8) is 0 Å². The normalized spacial score (nSPS) is 20.4. The first kappa shape index (κ1) is 97.2. The van der Waals surface area contributed by atoms with E-state index in [9.17, 15) is 79.2 Å². The van der Waals surface area contributed by atoms with Crippen molar-refractivity contribution in [1.29, 1.82) is 0 Å². The average Bonchev–Trinajstić information content (AvgIpc) is 1.58. The quantitative estimate of drug-likeness (QED) is 0.0430. The topological polar surface area (TPSA) is 496 Å². The van der Waals surface area contributed by atoms with Gasteiger partial charge in [0.1, 0.15) is 117 Å². The van der Waals surface area contributed by atoms with E-state index in [0.29, 0.717) is 100 Å². The summed E-state index contributed by atoms with van der Waals surface area (Å²) in [5.41, 5.74) is 44.1. The number of aryl methyl sites for hydroxylation is 1. The number of aromatic nitrogens is 10. The zero-order chi connectivity index (χ0) is 98.3. The highest BCUT2D eigenvalue weighted by atomic mass is 35.5. The molecule has 31 nitrogen and oxygen atoms in total. The second-order valence-electron chi connectivity index (χ2n) is 34.3. The molecular formula is C97H88Cl2F8N16O15. The van der Waals surface area contributed by atoms with E-state index in [1.165, 1.54) is 78.6 Å². The van der Waals surface area contributed by atoms with E-state index < -0.39 is 100 Å². The molecule has 3 aromatic carbocycles. The number of benzene rings is 3. The van der Waals surface area contributed by atoms with Crippen molar-refractivity contribution in [2.75, 3.05) is 19.8 Å². The van der Waals surface area contributed by atoms with Crippen LogP contribution in [0.2, 0.25) is 10.0 Å². The molecule has 716 valence electrons. The van der Waals surface area contributed by atoms with Crippen molar-refractivity contribution < 1.29 is 108 Å². The zero-order valence-electron chi connectivity index (χ0n) is 73.7. The third kappa shape index (κ3) is 20.7. The van der Waals surface area contributed by atoms with Gasteiger partial charge in [-0.1, -0.05) is 37.0 Å². The summed E-state index contributed by atoms with van der Waals surface area (Å²) in [5.74, 6) is -9.27. The van der Waals surface area contributed by atoms with Crippen LogP contribution in [0, 0.1) is 58.4 Å². The molecular weight excluding hydrogens is 1850 g/mol. The second kappa shape index (κ2) is 40.8. The van der Waals surface area contributed by atoms with Crippen LogP contribution < -0.4 is 48.6 Å². The molecule has 9 aromatic heterocycles. The highest BCUT2D eigenvalue weighted by Gasteiger charge is 2.43. The maximum Gasteiger partial charge on any atom is 0.267 e. The third-order valence-corrected chi connectivity index (χ3v) is 25.4. The standard InChI is InChI=1S/2C17H16F2N2O3.2C16H13ClFN3O2.C16H14F2N2O3.C15H16N4O2/c2*1-8-4-12-11(10-3-2-9(18)5-13(10)19)6-14(16(20)23)21-17(12)24-15(8)7-22;2*17-7-3-11(18)14(20-6-7)10-5-12(16(19)22)21-15-9(10)4-8-1-2-13(15)23-8;17-8-1-3-10(13(18)5-8)12-6-14(15(19)22)20-16-11(12)4-2-9(7-21)23-16;1-19-7-8(6-17-19)10-5-12(15(16)20)18-14-11(10)4-9-2-3-13(14)21-9/h2*2-3,5-6,8,15,22H,4,7H2,1H3,(H2,20,23);2*3,5-6,8,13H,1-2,4H2,(H2,19,22);1,3,5-6,9,21H,2,4,7H2,(H2,19,22);5-7,9,13H,2-4H2,1H3,(H2,16,20)/t2*8-,15+;2*8-,13+;9-;9-,13+/m101001/s1. The van der Waals surface area contributed by atoms with E-state index >= 15 is 0 Å². The van der Waals surface area contributed by atoms with Gasteiger partial charge in [0.2, 0.25) is 17.6 Å². The summed E-state index contributed by atoms with van der Waals surface area (Å²) in [6, 6.07) is 21.0. The number of fused-ring (bicyclic) bond motifs is 15. The molecule has 3 saturated heterocycles. The van der Waals surface area contributed by atoms with Crippen LogP contribution in [0.3, 0.4) is 0 Å². The van der Waals surface area contributed by atoms with E-state index in [1.807, 2.05) is 27.1 Å². The highest BCUT2D eigenvalue weighted by molar-refractivity contribution is 6.30. The molecule has 138 heavy (non-hydrogen) atoms. The first-order valence-electron chi connectivity index (χ1n) is 43.8. The van der Waals surface area contributed by atoms with Crippen LogP contribution in [0.4, 0.5) is 35.1 Å². The first-order chi connectivity index (χ1) is 66.0. The molecule has 0 saturated carbocycles. The van der Waals surface area contributed by atoms with Crippen molar-refractivity contribution in [3.8, 4) is 84.7 Å². The smallest absolute Gasteiger partial charge is 0.267 e. The molecule has 9 aliphatic heterocycles. The van der Waals surface area contributed by atoms with E-state index in [4.69, 9.17) is 86.0 Å². The number of hydrogen-bond acceptors (Lipinski definition) is 24. The molecule has 21 rings (SSSR count). The lowest BCUT2D eigenvalue weighted by Gasteiger charge is -2.31. The molecule has 0 radical (unpaired) electrons. The van der Waals surface area contributed by atoms with E-state index in [1.54, 1.807) is 16.9 Å². The van der Waals surface area contributed by atoms with Crippen LogP contribution in [0.5, 0.6) is 17.6 Å². The Labute approximate surface area is 791 Å². The van der Waals surface area contributed by atoms with Gasteiger partial charge in [-0.2, -0.15) is 5.10 Å². The van der Waals surface area contributed by atoms with Crippen molar-refractivity contribution in [2.24, 2.45) is 53.3 Å². The summed E-state index contributed by atoms with van der Waals surface area (Å²) in [6.45, 7) is 3.17. The zero-order valence-corrected chi connectivity index (χ0v) is 75.3. The van der Waals surface area contributed by atoms with Gasteiger partial charge < -0.3 is 78.1 Å². The van der Waals surface area contributed by atoms with Crippen LogP contribution in [-0.4, -0.2) is 157 Å². The number of halogens is 10. The van der Waals surface area contributed by atoms with Crippen LogP contribution in [-0.2, 0) is 59.8 Å². The van der Waals surface area contributed by atoms with Gasteiger partial charge in [-0.3, -0.25) is 43.4 Å². The van der Waals surface area contributed by atoms with Crippen molar-refractivity contribution in [3.05, 3.63) is 269 Å². The molecule has 0 aliphatic carbocycles. The van der Waals surface area contributed by atoms with Gasteiger partial charge in [-0.05, 0) is 200 Å². The maximum absolute atomic E-state index is 14.3. The van der Waals surface area contributed by atoms with Crippen molar-refractivity contribution >= 4 is 58.6 Å². The number of aliphatic hydroxyl groups excluding tert-OH is 3. The predicted molar refractivity (Wildman–Crippen MR) is 481 cm³/mol. The number of pyridine rings is 8. The third-order valence-electron chi connectivity index (χ3n) is 25.0.